The quantitative estimate of drug-likeness (QED) is 0.479. The van der Waals surface area contributed by atoms with Crippen LogP contribution in [0.15, 0.2) is 0 Å². The van der Waals surface area contributed by atoms with Gasteiger partial charge in [-0.25, -0.2) is 4.79 Å². The topological polar surface area (TPSA) is 78.9 Å². The summed E-state index contributed by atoms with van der Waals surface area (Å²) in [7, 11) is 2.41. The van der Waals surface area contributed by atoms with Crippen molar-refractivity contribution in [1.29, 1.82) is 0 Å². The Balaban J connectivity index is 4.18. The molecule has 0 fully saturated rings. The number of carbonyl (C=O) groups is 3. The van der Waals surface area contributed by atoms with E-state index < -0.39 is 24.0 Å². The lowest BCUT2D eigenvalue weighted by Crippen LogP contribution is -2.28. The average molecular weight is 218 g/mol. The lowest BCUT2D eigenvalue weighted by Gasteiger charge is -2.13. The average Bonchev–Trinajstić information content (AvgIpc) is 2.21. The predicted octanol–water partition coefficient (Wildman–Crippen LogP) is 0.0443. The summed E-state index contributed by atoms with van der Waals surface area (Å²) in [4.78, 5) is 32.5. The van der Waals surface area contributed by atoms with Crippen LogP contribution in [0, 0.1) is 0 Å². The molecule has 0 heterocycles. The Morgan fingerprint density at radius 2 is 1.73 bits per heavy atom. The molecular formula is C9H14O6. The summed E-state index contributed by atoms with van der Waals surface area (Å²) in [5, 5.41) is 0. The largest absolute Gasteiger partial charge is 0.469 e. The first-order valence-electron chi connectivity index (χ1n) is 4.33. The van der Waals surface area contributed by atoms with Crippen molar-refractivity contribution in [2.45, 2.75) is 25.9 Å². The molecule has 0 aromatic carbocycles. The van der Waals surface area contributed by atoms with Crippen molar-refractivity contribution < 1.29 is 28.6 Å². The van der Waals surface area contributed by atoms with Gasteiger partial charge in [-0.15, -0.1) is 0 Å². The summed E-state index contributed by atoms with van der Waals surface area (Å²) in [5.41, 5.74) is 0. The lowest BCUT2D eigenvalue weighted by atomic mass is 10.2. The van der Waals surface area contributed by atoms with E-state index >= 15 is 0 Å². The van der Waals surface area contributed by atoms with Gasteiger partial charge in [0.1, 0.15) is 0 Å². The van der Waals surface area contributed by atoms with Crippen molar-refractivity contribution in [3.63, 3.8) is 0 Å². The number of methoxy groups -OCH3 is 2. The number of ether oxygens (including phenoxy) is 3. The molecule has 0 aliphatic carbocycles. The Morgan fingerprint density at radius 3 is 2.13 bits per heavy atom. The molecule has 0 radical (unpaired) electrons. The molecular weight excluding hydrogens is 204 g/mol. The first-order valence-corrected chi connectivity index (χ1v) is 4.33. The Hall–Kier alpha value is -1.59. The molecule has 6 heteroatoms. The smallest absolute Gasteiger partial charge is 0.347 e. The molecule has 0 unspecified atom stereocenters. The van der Waals surface area contributed by atoms with Crippen LogP contribution in [0.3, 0.4) is 0 Å². The number of hydrogen-bond acceptors (Lipinski definition) is 6. The molecule has 6 nitrogen and oxygen atoms in total. The number of rotatable bonds is 5. The van der Waals surface area contributed by atoms with Crippen LogP contribution in [-0.4, -0.2) is 38.2 Å². The third-order valence-electron chi connectivity index (χ3n) is 1.61. The van der Waals surface area contributed by atoms with Crippen LogP contribution in [0.25, 0.3) is 0 Å². The first kappa shape index (κ1) is 13.4. The van der Waals surface area contributed by atoms with Gasteiger partial charge in [0.25, 0.3) is 0 Å². The van der Waals surface area contributed by atoms with E-state index in [2.05, 4.69) is 14.2 Å². The van der Waals surface area contributed by atoms with Crippen LogP contribution in [-0.2, 0) is 28.6 Å². The molecule has 0 aliphatic rings. The zero-order chi connectivity index (χ0) is 11.8. The van der Waals surface area contributed by atoms with E-state index in [0.717, 1.165) is 0 Å². The van der Waals surface area contributed by atoms with Gasteiger partial charge in [0.2, 0.25) is 0 Å². The Bertz CT molecular complexity index is 247. The van der Waals surface area contributed by atoms with Crippen LogP contribution in [0.2, 0.25) is 0 Å². The highest BCUT2D eigenvalue weighted by molar-refractivity contribution is 5.79. The molecule has 0 rings (SSSR count). The summed E-state index contributed by atoms with van der Waals surface area (Å²) in [6, 6.07) is 0. The summed E-state index contributed by atoms with van der Waals surface area (Å²) >= 11 is 0. The molecule has 0 spiro atoms. The molecule has 0 aliphatic heterocycles. The van der Waals surface area contributed by atoms with Crippen LogP contribution < -0.4 is 0 Å². The van der Waals surface area contributed by atoms with E-state index in [1.807, 2.05) is 0 Å². The Labute approximate surface area is 87.5 Å². The maximum absolute atomic E-state index is 11.1. The van der Waals surface area contributed by atoms with Gasteiger partial charge < -0.3 is 14.2 Å². The number of esters is 3. The molecule has 1 atom stereocenters. The molecule has 0 amide bonds. The second-order valence-electron chi connectivity index (χ2n) is 2.74. The summed E-state index contributed by atoms with van der Waals surface area (Å²) < 4.78 is 13.5. The Morgan fingerprint density at radius 1 is 1.13 bits per heavy atom. The summed E-state index contributed by atoms with van der Waals surface area (Å²) in [5.74, 6) is -1.76. The second kappa shape index (κ2) is 6.80. The standard InChI is InChI=1S/C9H14O6/c1-6(10)15-7(9(12)14-3)4-5-8(11)13-2/h7H,4-5H2,1-3H3/t7-/m1/s1. The van der Waals surface area contributed by atoms with Gasteiger partial charge in [-0.3, -0.25) is 9.59 Å². The normalized spacial score (nSPS) is 11.4. The van der Waals surface area contributed by atoms with Gasteiger partial charge in [0, 0.05) is 19.8 Å². The van der Waals surface area contributed by atoms with E-state index in [1.54, 1.807) is 0 Å². The zero-order valence-corrected chi connectivity index (χ0v) is 8.94. The van der Waals surface area contributed by atoms with Gasteiger partial charge >= 0.3 is 17.9 Å². The monoisotopic (exact) mass is 218 g/mol. The molecule has 0 bridgehead atoms. The maximum atomic E-state index is 11.1. The van der Waals surface area contributed by atoms with Gasteiger partial charge in [-0.1, -0.05) is 0 Å². The van der Waals surface area contributed by atoms with Crippen LogP contribution in [0.5, 0.6) is 0 Å². The Kier molecular flexibility index (Phi) is 6.08. The van der Waals surface area contributed by atoms with E-state index in [0.29, 0.717) is 0 Å². The minimum atomic E-state index is -1.05. The first-order chi connectivity index (χ1) is 7.01. The van der Waals surface area contributed by atoms with Crippen molar-refractivity contribution in [2.75, 3.05) is 14.2 Å². The third-order valence-corrected chi connectivity index (χ3v) is 1.61. The minimum Gasteiger partial charge on any atom is -0.469 e. The van der Waals surface area contributed by atoms with Gasteiger partial charge in [-0.05, 0) is 0 Å². The molecule has 0 aromatic rings. The summed E-state index contributed by atoms with van der Waals surface area (Å²) in [6.45, 7) is 1.17. The SMILES string of the molecule is COC(=O)CC[C@@H](OC(C)=O)C(=O)OC. The second-order valence-corrected chi connectivity index (χ2v) is 2.74. The van der Waals surface area contributed by atoms with E-state index in [1.165, 1.54) is 21.1 Å². The van der Waals surface area contributed by atoms with Gasteiger partial charge in [-0.2, -0.15) is 0 Å². The zero-order valence-electron chi connectivity index (χ0n) is 8.94. The maximum Gasteiger partial charge on any atom is 0.347 e. The van der Waals surface area contributed by atoms with Crippen molar-refractivity contribution in [3.8, 4) is 0 Å². The highest BCUT2D eigenvalue weighted by Gasteiger charge is 2.23. The van der Waals surface area contributed by atoms with E-state index in [9.17, 15) is 14.4 Å². The molecule has 0 saturated heterocycles. The van der Waals surface area contributed by atoms with Crippen molar-refractivity contribution in [3.05, 3.63) is 0 Å². The fraction of sp³-hybridized carbons (Fsp3) is 0.667. The van der Waals surface area contributed by atoms with Crippen LogP contribution in [0.4, 0.5) is 0 Å². The molecule has 15 heavy (non-hydrogen) atoms. The summed E-state index contributed by atoms with van der Waals surface area (Å²) in [6.07, 6.45) is -1.01. The van der Waals surface area contributed by atoms with Crippen molar-refractivity contribution >= 4 is 17.9 Å². The fourth-order valence-corrected chi connectivity index (χ4v) is 0.908. The predicted molar refractivity (Wildman–Crippen MR) is 48.8 cm³/mol. The van der Waals surface area contributed by atoms with Crippen molar-refractivity contribution in [1.82, 2.24) is 0 Å². The number of carbonyl (C=O) groups excluding carboxylic acids is 3. The van der Waals surface area contributed by atoms with Crippen LogP contribution in [0.1, 0.15) is 19.8 Å². The van der Waals surface area contributed by atoms with Crippen LogP contribution >= 0.6 is 0 Å². The van der Waals surface area contributed by atoms with E-state index in [4.69, 9.17) is 0 Å². The lowest BCUT2D eigenvalue weighted by molar-refractivity contribution is -0.165. The van der Waals surface area contributed by atoms with Gasteiger partial charge in [0.15, 0.2) is 6.10 Å². The molecule has 0 saturated carbocycles. The molecule has 0 aromatic heterocycles. The fourth-order valence-electron chi connectivity index (χ4n) is 0.908. The highest BCUT2D eigenvalue weighted by Crippen LogP contribution is 2.06. The number of hydrogen-bond donors (Lipinski definition) is 0. The van der Waals surface area contributed by atoms with Gasteiger partial charge in [0.05, 0.1) is 14.2 Å². The highest BCUT2D eigenvalue weighted by atomic mass is 16.6. The third kappa shape index (κ3) is 5.66. The van der Waals surface area contributed by atoms with Crippen molar-refractivity contribution in [2.24, 2.45) is 0 Å². The molecule has 0 N–H and O–H groups in total. The minimum absolute atomic E-state index is 0.0104. The van der Waals surface area contributed by atoms with E-state index in [-0.39, 0.29) is 12.8 Å². The molecule has 86 valence electrons.